The molecule has 2 aromatic heterocycles. The van der Waals surface area contributed by atoms with Crippen molar-refractivity contribution in [3.05, 3.63) is 59.4 Å². The number of amides is 1. The van der Waals surface area contributed by atoms with E-state index < -0.39 is 0 Å². The van der Waals surface area contributed by atoms with E-state index in [1.165, 1.54) is 16.9 Å². The van der Waals surface area contributed by atoms with Crippen LogP contribution in [0, 0.1) is 5.92 Å². The molecule has 0 saturated carbocycles. The highest BCUT2D eigenvalue weighted by molar-refractivity contribution is 7.15. The van der Waals surface area contributed by atoms with Crippen LogP contribution in [0.5, 0.6) is 5.75 Å². The van der Waals surface area contributed by atoms with E-state index in [-0.39, 0.29) is 11.8 Å². The minimum absolute atomic E-state index is 0.0103. The van der Waals surface area contributed by atoms with Gasteiger partial charge in [-0.2, -0.15) is 0 Å². The second-order valence-corrected chi connectivity index (χ2v) is 8.07. The lowest BCUT2D eigenvalue weighted by Crippen LogP contribution is -2.38. The third-order valence-electron chi connectivity index (χ3n) is 5.02. The summed E-state index contributed by atoms with van der Waals surface area (Å²) in [5, 5.41) is 3.65. The molecule has 4 rings (SSSR count). The number of ether oxygens (including phenoxy) is 1. The van der Waals surface area contributed by atoms with E-state index in [2.05, 4.69) is 25.2 Å². The standard InChI is InChI=1S/C21H23N5O2S/c1-28-17-5-3-15(4-6-17)13-18-14-24-21(29-18)25-19(27)16-7-11-26(12-8-16)20-22-9-2-10-23-20/h2-6,9-10,14,16H,7-8,11-13H2,1H3,(H,24,25,27). The summed E-state index contributed by atoms with van der Waals surface area (Å²) in [6, 6.07) is 9.79. The quantitative estimate of drug-likeness (QED) is 0.672. The van der Waals surface area contributed by atoms with Gasteiger partial charge in [0, 0.05) is 48.9 Å². The minimum Gasteiger partial charge on any atom is -0.497 e. The third-order valence-corrected chi connectivity index (χ3v) is 5.93. The Labute approximate surface area is 173 Å². The number of anilines is 2. The number of aromatic nitrogens is 3. The van der Waals surface area contributed by atoms with E-state index in [4.69, 9.17) is 4.74 Å². The molecule has 0 bridgehead atoms. The van der Waals surface area contributed by atoms with Crippen LogP contribution in [-0.2, 0) is 11.2 Å². The first kappa shape index (κ1) is 19.3. The van der Waals surface area contributed by atoms with Crippen molar-refractivity contribution in [1.29, 1.82) is 0 Å². The van der Waals surface area contributed by atoms with Gasteiger partial charge >= 0.3 is 0 Å². The Hall–Kier alpha value is -3.00. The molecule has 0 radical (unpaired) electrons. The van der Waals surface area contributed by atoms with Gasteiger partial charge < -0.3 is 15.0 Å². The molecule has 3 heterocycles. The van der Waals surface area contributed by atoms with Crippen molar-refractivity contribution in [2.24, 2.45) is 5.92 Å². The summed E-state index contributed by atoms with van der Waals surface area (Å²) in [4.78, 5) is 28.8. The zero-order valence-electron chi connectivity index (χ0n) is 16.2. The van der Waals surface area contributed by atoms with Gasteiger partial charge in [0.15, 0.2) is 5.13 Å². The van der Waals surface area contributed by atoms with E-state index in [1.54, 1.807) is 25.6 Å². The average Bonchev–Trinajstić information content (AvgIpc) is 3.21. The first-order chi connectivity index (χ1) is 14.2. The highest BCUT2D eigenvalue weighted by atomic mass is 32.1. The number of methoxy groups -OCH3 is 1. The van der Waals surface area contributed by atoms with Crippen LogP contribution < -0.4 is 15.0 Å². The number of carbonyl (C=O) groups is 1. The number of hydrogen-bond donors (Lipinski definition) is 1. The molecule has 8 heteroatoms. The van der Waals surface area contributed by atoms with Crippen LogP contribution in [0.3, 0.4) is 0 Å². The van der Waals surface area contributed by atoms with Crippen molar-refractivity contribution in [1.82, 2.24) is 15.0 Å². The fourth-order valence-corrected chi connectivity index (χ4v) is 4.24. The largest absolute Gasteiger partial charge is 0.497 e. The van der Waals surface area contributed by atoms with Gasteiger partial charge in [-0.15, -0.1) is 11.3 Å². The van der Waals surface area contributed by atoms with Crippen molar-refractivity contribution >= 4 is 28.3 Å². The second kappa shape index (κ2) is 9.00. The van der Waals surface area contributed by atoms with Crippen LogP contribution in [-0.4, -0.2) is 41.1 Å². The first-order valence-corrected chi connectivity index (χ1v) is 10.4. The molecule has 0 unspecified atom stereocenters. The van der Waals surface area contributed by atoms with Gasteiger partial charge in [0.1, 0.15) is 5.75 Å². The summed E-state index contributed by atoms with van der Waals surface area (Å²) in [5.74, 6) is 1.61. The number of rotatable bonds is 6. The molecule has 1 fully saturated rings. The summed E-state index contributed by atoms with van der Waals surface area (Å²) in [6.07, 6.45) is 7.68. The molecule has 1 saturated heterocycles. The zero-order valence-corrected chi connectivity index (χ0v) is 17.1. The fourth-order valence-electron chi connectivity index (χ4n) is 3.40. The Bertz CT molecular complexity index is 937. The molecule has 29 heavy (non-hydrogen) atoms. The number of thiazole rings is 1. The molecular formula is C21H23N5O2S. The van der Waals surface area contributed by atoms with Gasteiger partial charge in [0.25, 0.3) is 0 Å². The monoisotopic (exact) mass is 409 g/mol. The van der Waals surface area contributed by atoms with Crippen molar-refractivity contribution in [2.75, 3.05) is 30.4 Å². The van der Waals surface area contributed by atoms with Crippen LogP contribution in [0.25, 0.3) is 0 Å². The van der Waals surface area contributed by atoms with E-state index in [1.807, 2.05) is 30.5 Å². The number of benzene rings is 1. The summed E-state index contributed by atoms with van der Waals surface area (Å²) >= 11 is 1.52. The van der Waals surface area contributed by atoms with Gasteiger partial charge in [-0.25, -0.2) is 15.0 Å². The Kier molecular flexibility index (Phi) is 6.00. The number of nitrogens with one attached hydrogen (secondary N) is 1. The number of hydrogen-bond acceptors (Lipinski definition) is 7. The summed E-state index contributed by atoms with van der Waals surface area (Å²) in [7, 11) is 1.66. The molecule has 0 atom stereocenters. The Morgan fingerprint density at radius 1 is 1.17 bits per heavy atom. The maximum absolute atomic E-state index is 12.6. The van der Waals surface area contributed by atoms with E-state index >= 15 is 0 Å². The topological polar surface area (TPSA) is 80.2 Å². The highest BCUT2D eigenvalue weighted by Gasteiger charge is 2.26. The van der Waals surface area contributed by atoms with Crippen LogP contribution in [0.2, 0.25) is 0 Å². The zero-order chi connectivity index (χ0) is 20.1. The molecule has 1 aliphatic rings. The highest BCUT2D eigenvalue weighted by Crippen LogP contribution is 2.25. The number of piperidine rings is 1. The minimum atomic E-state index is -0.0103. The van der Waals surface area contributed by atoms with Crippen molar-refractivity contribution in [2.45, 2.75) is 19.3 Å². The van der Waals surface area contributed by atoms with Gasteiger partial charge in [-0.05, 0) is 36.6 Å². The Morgan fingerprint density at radius 3 is 2.59 bits per heavy atom. The van der Waals surface area contributed by atoms with Crippen LogP contribution >= 0.6 is 11.3 Å². The Morgan fingerprint density at radius 2 is 1.90 bits per heavy atom. The predicted octanol–water partition coefficient (Wildman–Crippen LogP) is 3.39. The molecule has 1 aromatic carbocycles. The molecule has 150 valence electrons. The maximum Gasteiger partial charge on any atom is 0.229 e. The molecule has 0 aliphatic carbocycles. The van der Waals surface area contributed by atoms with E-state index in [0.717, 1.165) is 48.9 Å². The van der Waals surface area contributed by atoms with E-state index in [0.29, 0.717) is 5.13 Å². The molecule has 0 spiro atoms. The van der Waals surface area contributed by atoms with Crippen molar-refractivity contribution < 1.29 is 9.53 Å². The average molecular weight is 410 g/mol. The van der Waals surface area contributed by atoms with Gasteiger partial charge in [-0.3, -0.25) is 4.79 Å². The maximum atomic E-state index is 12.6. The lowest BCUT2D eigenvalue weighted by atomic mass is 9.96. The SMILES string of the molecule is COc1ccc(Cc2cnc(NC(=O)C3CCN(c4ncccn4)CC3)s2)cc1. The smallest absolute Gasteiger partial charge is 0.229 e. The molecule has 1 N–H and O–H groups in total. The second-order valence-electron chi connectivity index (χ2n) is 6.96. The lowest BCUT2D eigenvalue weighted by Gasteiger charge is -2.30. The summed E-state index contributed by atoms with van der Waals surface area (Å²) in [5.41, 5.74) is 1.18. The lowest BCUT2D eigenvalue weighted by molar-refractivity contribution is -0.120. The van der Waals surface area contributed by atoms with Crippen LogP contribution in [0.15, 0.2) is 48.9 Å². The molecule has 1 amide bonds. The molecular weight excluding hydrogens is 386 g/mol. The van der Waals surface area contributed by atoms with Crippen molar-refractivity contribution in [3.8, 4) is 5.75 Å². The van der Waals surface area contributed by atoms with Gasteiger partial charge in [0.05, 0.1) is 7.11 Å². The van der Waals surface area contributed by atoms with Gasteiger partial charge in [0.2, 0.25) is 11.9 Å². The van der Waals surface area contributed by atoms with E-state index in [9.17, 15) is 4.79 Å². The number of carbonyl (C=O) groups excluding carboxylic acids is 1. The van der Waals surface area contributed by atoms with Crippen LogP contribution in [0.1, 0.15) is 23.3 Å². The van der Waals surface area contributed by atoms with Crippen LogP contribution in [0.4, 0.5) is 11.1 Å². The number of nitrogens with zero attached hydrogens (tertiary/aromatic N) is 4. The molecule has 3 aromatic rings. The normalized spacial score (nSPS) is 14.6. The third kappa shape index (κ3) is 4.89. The predicted molar refractivity (Wildman–Crippen MR) is 114 cm³/mol. The van der Waals surface area contributed by atoms with Crippen molar-refractivity contribution in [3.63, 3.8) is 0 Å². The summed E-state index contributed by atoms with van der Waals surface area (Å²) < 4.78 is 5.19. The van der Waals surface area contributed by atoms with Gasteiger partial charge in [-0.1, -0.05) is 12.1 Å². The summed E-state index contributed by atoms with van der Waals surface area (Å²) in [6.45, 7) is 1.56. The molecule has 7 nitrogen and oxygen atoms in total. The Balaban J connectivity index is 1.29. The first-order valence-electron chi connectivity index (χ1n) is 9.62. The fraction of sp³-hybridized carbons (Fsp3) is 0.333. The molecule has 1 aliphatic heterocycles.